The average Bonchev–Trinajstić information content (AvgIpc) is 2.78. The van der Waals surface area contributed by atoms with Crippen molar-refractivity contribution < 1.29 is 4.74 Å². The van der Waals surface area contributed by atoms with Gasteiger partial charge in [-0.25, -0.2) is 10.8 Å². The van der Waals surface area contributed by atoms with Crippen molar-refractivity contribution in [1.82, 2.24) is 9.97 Å². The quantitative estimate of drug-likeness (QED) is 0.509. The second kappa shape index (κ2) is 5.09. The number of hydrogen-bond acceptors (Lipinski definition) is 6. The molecular formula is C10H17N5O. The first-order chi connectivity index (χ1) is 7.78. The van der Waals surface area contributed by atoms with E-state index in [2.05, 4.69) is 20.7 Å². The number of aromatic nitrogens is 2. The van der Waals surface area contributed by atoms with Gasteiger partial charge >= 0.3 is 0 Å². The van der Waals surface area contributed by atoms with E-state index in [-0.39, 0.29) is 0 Å². The lowest BCUT2D eigenvalue weighted by molar-refractivity contribution is 0.187. The van der Waals surface area contributed by atoms with Gasteiger partial charge in [-0.2, -0.15) is 4.98 Å². The standard InChI is InChI=1S/C10H17N5O/c1-7-4-9(14-10(13-7)15-11)12-5-8-2-3-16-6-8/h4,8H,2-3,5-6,11H2,1H3,(H2,12,13,14,15). The first-order valence-corrected chi connectivity index (χ1v) is 5.42. The Morgan fingerprint density at radius 2 is 2.44 bits per heavy atom. The summed E-state index contributed by atoms with van der Waals surface area (Å²) in [6, 6.07) is 1.90. The van der Waals surface area contributed by atoms with E-state index in [4.69, 9.17) is 10.6 Å². The van der Waals surface area contributed by atoms with Gasteiger partial charge in [0.2, 0.25) is 5.95 Å². The molecular weight excluding hydrogens is 206 g/mol. The van der Waals surface area contributed by atoms with Gasteiger partial charge in [-0.05, 0) is 13.3 Å². The van der Waals surface area contributed by atoms with Crippen LogP contribution in [0.5, 0.6) is 0 Å². The number of nitrogens with two attached hydrogens (primary N) is 1. The van der Waals surface area contributed by atoms with Crippen LogP contribution in [0.4, 0.5) is 11.8 Å². The molecule has 6 heteroatoms. The summed E-state index contributed by atoms with van der Waals surface area (Å²) in [5.74, 6) is 7.09. The molecule has 0 spiro atoms. The van der Waals surface area contributed by atoms with Crippen molar-refractivity contribution in [1.29, 1.82) is 0 Å². The molecule has 0 amide bonds. The van der Waals surface area contributed by atoms with Gasteiger partial charge in [-0.3, -0.25) is 5.43 Å². The highest BCUT2D eigenvalue weighted by molar-refractivity contribution is 5.41. The van der Waals surface area contributed by atoms with E-state index < -0.39 is 0 Å². The molecule has 1 aliphatic heterocycles. The fraction of sp³-hybridized carbons (Fsp3) is 0.600. The Hall–Kier alpha value is -1.40. The smallest absolute Gasteiger partial charge is 0.239 e. The molecule has 0 bridgehead atoms. The summed E-state index contributed by atoms with van der Waals surface area (Å²) in [7, 11) is 0. The highest BCUT2D eigenvalue weighted by Crippen LogP contribution is 2.14. The van der Waals surface area contributed by atoms with Crippen molar-refractivity contribution in [3.8, 4) is 0 Å². The number of anilines is 2. The van der Waals surface area contributed by atoms with Crippen LogP contribution in [0, 0.1) is 12.8 Å². The number of rotatable bonds is 4. The summed E-state index contributed by atoms with van der Waals surface area (Å²) >= 11 is 0. The molecule has 0 aromatic carbocycles. The lowest BCUT2D eigenvalue weighted by atomic mass is 10.1. The molecule has 1 unspecified atom stereocenters. The van der Waals surface area contributed by atoms with Crippen LogP contribution in [0.15, 0.2) is 6.07 Å². The molecule has 0 aliphatic carbocycles. The molecule has 2 rings (SSSR count). The van der Waals surface area contributed by atoms with E-state index in [1.165, 1.54) is 0 Å². The summed E-state index contributed by atoms with van der Waals surface area (Å²) in [6.07, 6.45) is 1.11. The number of aryl methyl sites for hydroxylation is 1. The van der Waals surface area contributed by atoms with E-state index >= 15 is 0 Å². The Kier molecular flexibility index (Phi) is 3.53. The molecule has 0 saturated carbocycles. The van der Waals surface area contributed by atoms with Gasteiger partial charge in [-0.15, -0.1) is 0 Å². The van der Waals surface area contributed by atoms with Crippen molar-refractivity contribution in [2.45, 2.75) is 13.3 Å². The lowest BCUT2D eigenvalue weighted by Gasteiger charge is -2.11. The monoisotopic (exact) mass is 223 g/mol. The Balaban J connectivity index is 1.94. The van der Waals surface area contributed by atoms with Gasteiger partial charge in [0.25, 0.3) is 0 Å². The van der Waals surface area contributed by atoms with Crippen LogP contribution < -0.4 is 16.6 Å². The van der Waals surface area contributed by atoms with E-state index in [0.717, 1.165) is 37.7 Å². The minimum Gasteiger partial charge on any atom is -0.381 e. The molecule has 1 aliphatic rings. The van der Waals surface area contributed by atoms with Crippen LogP contribution in [-0.4, -0.2) is 29.7 Å². The van der Waals surface area contributed by atoms with Crippen molar-refractivity contribution in [2.75, 3.05) is 30.5 Å². The molecule has 4 N–H and O–H groups in total. The third kappa shape index (κ3) is 2.80. The molecule has 88 valence electrons. The number of hydrogen-bond donors (Lipinski definition) is 3. The Morgan fingerprint density at radius 1 is 1.56 bits per heavy atom. The zero-order chi connectivity index (χ0) is 11.4. The first kappa shape index (κ1) is 11.1. The Bertz CT molecular complexity index is 351. The summed E-state index contributed by atoms with van der Waals surface area (Å²) in [5.41, 5.74) is 3.33. The zero-order valence-electron chi connectivity index (χ0n) is 9.36. The van der Waals surface area contributed by atoms with Gasteiger partial charge in [0.15, 0.2) is 0 Å². The maximum Gasteiger partial charge on any atom is 0.239 e. The summed E-state index contributed by atoms with van der Waals surface area (Å²) < 4.78 is 5.31. The Labute approximate surface area is 94.6 Å². The van der Waals surface area contributed by atoms with Crippen LogP contribution in [0.3, 0.4) is 0 Å². The molecule has 2 heterocycles. The van der Waals surface area contributed by atoms with Crippen molar-refractivity contribution in [3.63, 3.8) is 0 Å². The number of nitrogens with one attached hydrogen (secondary N) is 2. The van der Waals surface area contributed by atoms with E-state index in [0.29, 0.717) is 11.9 Å². The first-order valence-electron chi connectivity index (χ1n) is 5.42. The summed E-state index contributed by atoms with van der Waals surface area (Å²) in [4.78, 5) is 8.33. The highest BCUT2D eigenvalue weighted by atomic mass is 16.5. The second-order valence-electron chi connectivity index (χ2n) is 3.97. The molecule has 6 nitrogen and oxygen atoms in total. The van der Waals surface area contributed by atoms with Gasteiger partial charge in [0.1, 0.15) is 5.82 Å². The van der Waals surface area contributed by atoms with Gasteiger partial charge < -0.3 is 10.1 Å². The SMILES string of the molecule is Cc1cc(NCC2CCOC2)nc(NN)n1. The lowest BCUT2D eigenvalue weighted by Crippen LogP contribution is -2.17. The number of ether oxygens (including phenoxy) is 1. The number of nitrogen functional groups attached to an aromatic ring is 1. The highest BCUT2D eigenvalue weighted by Gasteiger charge is 2.15. The predicted molar refractivity (Wildman–Crippen MR) is 62.0 cm³/mol. The van der Waals surface area contributed by atoms with Crippen LogP contribution in [0.2, 0.25) is 0 Å². The minimum absolute atomic E-state index is 0.435. The molecule has 1 fully saturated rings. The molecule has 1 saturated heterocycles. The summed E-state index contributed by atoms with van der Waals surface area (Å²) in [5, 5.41) is 3.28. The maximum absolute atomic E-state index is 5.31. The number of nitrogens with zero attached hydrogens (tertiary/aromatic N) is 2. The zero-order valence-corrected chi connectivity index (χ0v) is 9.36. The largest absolute Gasteiger partial charge is 0.381 e. The van der Waals surface area contributed by atoms with Gasteiger partial charge in [-0.1, -0.05) is 0 Å². The second-order valence-corrected chi connectivity index (χ2v) is 3.97. The summed E-state index contributed by atoms with van der Waals surface area (Å²) in [6.45, 7) is 4.48. The van der Waals surface area contributed by atoms with Crippen molar-refractivity contribution >= 4 is 11.8 Å². The molecule has 1 aromatic rings. The average molecular weight is 223 g/mol. The van der Waals surface area contributed by atoms with Crippen LogP contribution in [0.25, 0.3) is 0 Å². The van der Waals surface area contributed by atoms with Gasteiger partial charge in [0, 0.05) is 30.8 Å². The number of hydrazine groups is 1. The van der Waals surface area contributed by atoms with Crippen molar-refractivity contribution in [3.05, 3.63) is 11.8 Å². The van der Waals surface area contributed by atoms with Crippen LogP contribution in [0.1, 0.15) is 12.1 Å². The molecule has 0 radical (unpaired) electrons. The van der Waals surface area contributed by atoms with Gasteiger partial charge in [0.05, 0.1) is 6.61 Å². The van der Waals surface area contributed by atoms with E-state index in [1.54, 1.807) is 0 Å². The fourth-order valence-corrected chi connectivity index (χ4v) is 1.72. The normalized spacial score (nSPS) is 19.8. The molecule has 16 heavy (non-hydrogen) atoms. The molecule has 1 atom stereocenters. The third-order valence-electron chi connectivity index (χ3n) is 2.58. The third-order valence-corrected chi connectivity index (χ3v) is 2.58. The van der Waals surface area contributed by atoms with Crippen LogP contribution in [-0.2, 0) is 4.74 Å². The van der Waals surface area contributed by atoms with E-state index in [1.807, 2.05) is 13.0 Å². The predicted octanol–water partition coefficient (Wildman–Crippen LogP) is 0.519. The molecule has 1 aromatic heterocycles. The maximum atomic E-state index is 5.31. The van der Waals surface area contributed by atoms with Crippen LogP contribution >= 0.6 is 0 Å². The Morgan fingerprint density at radius 3 is 3.12 bits per heavy atom. The fourth-order valence-electron chi connectivity index (χ4n) is 1.72. The van der Waals surface area contributed by atoms with E-state index in [9.17, 15) is 0 Å². The van der Waals surface area contributed by atoms with Crippen molar-refractivity contribution in [2.24, 2.45) is 11.8 Å². The minimum atomic E-state index is 0.435. The topological polar surface area (TPSA) is 85.1 Å².